The van der Waals surface area contributed by atoms with Crippen molar-refractivity contribution < 1.29 is 18.0 Å². The standard InChI is InChI=1S/C26H27F3N6O/c1-33(2)11-12-34(3)22-15-19(26(27,28)29)14-20(16-22)32-24(36)13-18-6-8-21(9-7-18)35-17-31-23-5-4-10-30-25(23)35/h4-10,14-17H,11-13H2,1-3H3,(H,32,36). The Morgan fingerprint density at radius 1 is 1.00 bits per heavy atom. The number of carbonyl (C=O) groups is 1. The summed E-state index contributed by atoms with van der Waals surface area (Å²) in [6.45, 7) is 1.21. The highest BCUT2D eigenvalue weighted by Crippen LogP contribution is 2.34. The number of fused-ring (bicyclic) bond motifs is 1. The second-order valence-electron chi connectivity index (χ2n) is 8.84. The highest BCUT2D eigenvalue weighted by atomic mass is 19.4. The van der Waals surface area contributed by atoms with Crippen LogP contribution in [0.1, 0.15) is 11.1 Å². The van der Waals surface area contributed by atoms with Crippen molar-refractivity contribution in [2.75, 3.05) is 44.4 Å². The van der Waals surface area contributed by atoms with Gasteiger partial charge in [-0.15, -0.1) is 0 Å². The van der Waals surface area contributed by atoms with Crippen LogP contribution >= 0.6 is 0 Å². The van der Waals surface area contributed by atoms with Gasteiger partial charge in [-0.05, 0) is 62.1 Å². The van der Waals surface area contributed by atoms with Crippen molar-refractivity contribution in [2.24, 2.45) is 0 Å². The fourth-order valence-corrected chi connectivity index (χ4v) is 3.75. The number of benzene rings is 2. The van der Waals surface area contributed by atoms with Gasteiger partial charge < -0.3 is 15.1 Å². The summed E-state index contributed by atoms with van der Waals surface area (Å²) in [7, 11) is 5.52. The Hall–Kier alpha value is -3.92. The van der Waals surface area contributed by atoms with Crippen LogP contribution in [0.4, 0.5) is 24.5 Å². The number of alkyl halides is 3. The van der Waals surface area contributed by atoms with E-state index in [2.05, 4.69) is 15.3 Å². The lowest BCUT2D eigenvalue weighted by molar-refractivity contribution is -0.137. The number of aromatic nitrogens is 3. The van der Waals surface area contributed by atoms with Gasteiger partial charge in [0.15, 0.2) is 5.65 Å². The molecule has 4 aromatic rings. The first-order valence-corrected chi connectivity index (χ1v) is 11.4. The Morgan fingerprint density at radius 3 is 2.44 bits per heavy atom. The van der Waals surface area contributed by atoms with Gasteiger partial charge in [0.2, 0.25) is 5.91 Å². The third kappa shape index (κ3) is 6.01. The highest BCUT2D eigenvalue weighted by Gasteiger charge is 2.31. The van der Waals surface area contributed by atoms with Crippen molar-refractivity contribution in [2.45, 2.75) is 12.6 Å². The molecule has 0 saturated heterocycles. The van der Waals surface area contributed by atoms with Crippen LogP contribution in [0.25, 0.3) is 16.9 Å². The number of hydrogen-bond acceptors (Lipinski definition) is 5. The Balaban J connectivity index is 1.48. The smallest absolute Gasteiger partial charge is 0.373 e. The van der Waals surface area contributed by atoms with E-state index in [4.69, 9.17) is 0 Å². The lowest BCUT2D eigenvalue weighted by atomic mass is 10.1. The van der Waals surface area contributed by atoms with Gasteiger partial charge in [0.25, 0.3) is 0 Å². The van der Waals surface area contributed by atoms with E-state index < -0.39 is 17.6 Å². The van der Waals surface area contributed by atoms with Crippen LogP contribution in [-0.2, 0) is 17.4 Å². The van der Waals surface area contributed by atoms with Crippen LogP contribution in [0.3, 0.4) is 0 Å². The Labute approximate surface area is 207 Å². The summed E-state index contributed by atoms with van der Waals surface area (Å²) in [6.07, 6.45) is -1.14. The van der Waals surface area contributed by atoms with Gasteiger partial charge in [-0.25, -0.2) is 9.97 Å². The van der Waals surface area contributed by atoms with E-state index in [1.165, 1.54) is 0 Å². The van der Waals surface area contributed by atoms with Crippen LogP contribution in [0.15, 0.2) is 67.1 Å². The molecule has 1 N–H and O–H groups in total. The maximum Gasteiger partial charge on any atom is 0.416 e. The Bertz CT molecular complexity index is 1350. The number of amides is 1. The molecule has 2 aromatic carbocycles. The minimum atomic E-state index is -4.53. The third-order valence-corrected chi connectivity index (χ3v) is 5.74. The molecule has 0 unspecified atom stereocenters. The van der Waals surface area contributed by atoms with E-state index in [1.807, 2.05) is 47.8 Å². The quantitative estimate of drug-likeness (QED) is 0.386. The summed E-state index contributed by atoms with van der Waals surface area (Å²) < 4.78 is 42.4. The Kier molecular flexibility index (Phi) is 7.25. The highest BCUT2D eigenvalue weighted by molar-refractivity contribution is 5.93. The second-order valence-corrected chi connectivity index (χ2v) is 8.84. The molecular formula is C26H27F3N6O. The molecule has 0 saturated carbocycles. The maximum absolute atomic E-state index is 13.5. The zero-order valence-corrected chi connectivity index (χ0v) is 20.3. The maximum atomic E-state index is 13.5. The zero-order valence-electron chi connectivity index (χ0n) is 20.3. The number of pyridine rings is 1. The topological polar surface area (TPSA) is 66.3 Å². The van der Waals surface area contributed by atoms with Crippen LogP contribution in [0, 0.1) is 0 Å². The van der Waals surface area contributed by atoms with Gasteiger partial charge in [-0.1, -0.05) is 12.1 Å². The SMILES string of the molecule is CN(C)CCN(C)c1cc(NC(=O)Cc2ccc(-n3cnc4cccnc43)cc2)cc(C(F)(F)F)c1. The van der Waals surface area contributed by atoms with Crippen molar-refractivity contribution in [3.63, 3.8) is 0 Å². The summed E-state index contributed by atoms with van der Waals surface area (Å²) in [4.78, 5) is 25.0. The van der Waals surface area contributed by atoms with Gasteiger partial charge >= 0.3 is 6.18 Å². The number of anilines is 2. The number of imidazole rings is 1. The van der Waals surface area contributed by atoms with E-state index in [9.17, 15) is 18.0 Å². The van der Waals surface area contributed by atoms with Gasteiger partial charge in [0.05, 0.1) is 12.0 Å². The molecule has 2 aromatic heterocycles. The summed E-state index contributed by atoms with van der Waals surface area (Å²) >= 11 is 0. The molecule has 0 atom stereocenters. The lowest BCUT2D eigenvalue weighted by Crippen LogP contribution is -2.28. The molecule has 36 heavy (non-hydrogen) atoms. The summed E-state index contributed by atoms with van der Waals surface area (Å²) in [5, 5.41) is 2.63. The molecule has 2 heterocycles. The first kappa shape index (κ1) is 25.2. The molecule has 188 valence electrons. The molecule has 0 fully saturated rings. The third-order valence-electron chi connectivity index (χ3n) is 5.74. The van der Waals surface area contributed by atoms with Gasteiger partial charge in [-0.3, -0.25) is 9.36 Å². The molecule has 0 aliphatic heterocycles. The van der Waals surface area contributed by atoms with Crippen LogP contribution in [0.2, 0.25) is 0 Å². The first-order valence-electron chi connectivity index (χ1n) is 11.4. The molecule has 0 spiro atoms. The number of hydrogen-bond donors (Lipinski definition) is 1. The largest absolute Gasteiger partial charge is 0.416 e. The minimum Gasteiger partial charge on any atom is -0.373 e. The second kappa shape index (κ2) is 10.4. The van der Waals surface area contributed by atoms with Crippen molar-refractivity contribution in [1.29, 1.82) is 0 Å². The molecule has 7 nitrogen and oxygen atoms in total. The van der Waals surface area contributed by atoms with E-state index >= 15 is 0 Å². The van der Waals surface area contributed by atoms with Gasteiger partial charge in [0, 0.05) is 43.4 Å². The fourth-order valence-electron chi connectivity index (χ4n) is 3.75. The molecule has 0 aliphatic rings. The number of nitrogens with one attached hydrogen (secondary N) is 1. The van der Waals surface area contributed by atoms with Crippen molar-refractivity contribution in [3.8, 4) is 5.69 Å². The molecule has 4 rings (SSSR count). The number of halogens is 3. The summed E-state index contributed by atoms with van der Waals surface area (Å²) in [6, 6.07) is 14.6. The molecule has 0 aliphatic carbocycles. The fraction of sp³-hybridized carbons (Fsp3) is 0.269. The lowest BCUT2D eigenvalue weighted by Gasteiger charge is -2.23. The molecule has 10 heteroatoms. The van der Waals surface area contributed by atoms with Gasteiger partial charge in [0.1, 0.15) is 11.8 Å². The Morgan fingerprint density at radius 2 is 1.75 bits per heavy atom. The average molecular weight is 497 g/mol. The number of nitrogens with zero attached hydrogens (tertiary/aromatic N) is 5. The number of likely N-dealkylation sites (N-methyl/N-ethyl adjacent to an activating group) is 2. The van der Waals surface area contributed by atoms with Crippen LogP contribution < -0.4 is 10.2 Å². The van der Waals surface area contributed by atoms with Crippen molar-refractivity contribution in [1.82, 2.24) is 19.4 Å². The average Bonchev–Trinajstić information content (AvgIpc) is 3.26. The number of rotatable bonds is 8. The van der Waals surface area contributed by atoms with Crippen LogP contribution in [-0.4, -0.2) is 59.6 Å². The molecule has 0 radical (unpaired) electrons. The van der Waals surface area contributed by atoms with Crippen LogP contribution in [0.5, 0.6) is 0 Å². The predicted octanol–water partition coefficient (Wildman–Crippen LogP) is 4.62. The zero-order chi connectivity index (χ0) is 25.9. The minimum absolute atomic E-state index is 0.0191. The van der Waals surface area contributed by atoms with E-state index in [0.29, 0.717) is 18.8 Å². The molecule has 0 bridgehead atoms. The van der Waals surface area contributed by atoms with E-state index in [-0.39, 0.29) is 12.1 Å². The first-order chi connectivity index (χ1) is 17.1. The van der Waals surface area contributed by atoms with Crippen molar-refractivity contribution >= 4 is 28.4 Å². The summed E-state index contributed by atoms with van der Waals surface area (Å²) in [5.74, 6) is -0.404. The normalized spacial score (nSPS) is 11.8. The van der Waals surface area contributed by atoms with E-state index in [1.54, 1.807) is 42.7 Å². The van der Waals surface area contributed by atoms with E-state index in [0.717, 1.165) is 34.5 Å². The number of carbonyl (C=O) groups excluding carboxylic acids is 1. The molecule has 1 amide bonds. The monoisotopic (exact) mass is 496 g/mol. The van der Waals surface area contributed by atoms with Gasteiger partial charge in [-0.2, -0.15) is 13.2 Å². The predicted molar refractivity (Wildman–Crippen MR) is 134 cm³/mol. The molecular weight excluding hydrogens is 469 g/mol. The summed E-state index contributed by atoms with van der Waals surface area (Å²) in [5.41, 5.74) is 2.74. The van der Waals surface area contributed by atoms with Crippen molar-refractivity contribution in [3.05, 3.63) is 78.2 Å².